The van der Waals surface area contributed by atoms with Gasteiger partial charge in [0.15, 0.2) is 5.82 Å². The molecule has 18 heavy (non-hydrogen) atoms. The SMILES string of the molecule is Cc1ccc(F)cc1-c1nnc(CN)n1C(C)C. The second-order valence-electron chi connectivity index (χ2n) is 4.57. The molecule has 2 aromatic rings. The van der Waals surface area contributed by atoms with E-state index < -0.39 is 0 Å². The highest BCUT2D eigenvalue weighted by Crippen LogP contribution is 2.26. The molecule has 0 fully saturated rings. The van der Waals surface area contributed by atoms with Gasteiger partial charge in [-0.05, 0) is 38.5 Å². The maximum absolute atomic E-state index is 13.4. The molecule has 0 amide bonds. The first-order valence-electron chi connectivity index (χ1n) is 5.95. The molecule has 0 atom stereocenters. The fourth-order valence-electron chi connectivity index (χ4n) is 2.02. The highest BCUT2D eigenvalue weighted by molar-refractivity contribution is 5.60. The lowest BCUT2D eigenvalue weighted by Gasteiger charge is -2.14. The summed E-state index contributed by atoms with van der Waals surface area (Å²) in [5.74, 6) is 1.11. The van der Waals surface area contributed by atoms with Gasteiger partial charge in [-0.2, -0.15) is 0 Å². The third kappa shape index (κ3) is 2.13. The first-order valence-corrected chi connectivity index (χ1v) is 5.95. The molecule has 0 spiro atoms. The number of benzene rings is 1. The molecule has 0 bridgehead atoms. The van der Waals surface area contributed by atoms with E-state index in [0.29, 0.717) is 18.2 Å². The number of aryl methyl sites for hydroxylation is 1. The fourth-order valence-corrected chi connectivity index (χ4v) is 2.02. The minimum absolute atomic E-state index is 0.177. The van der Waals surface area contributed by atoms with Crippen molar-refractivity contribution < 1.29 is 4.39 Å². The van der Waals surface area contributed by atoms with Crippen LogP contribution in [0, 0.1) is 12.7 Å². The monoisotopic (exact) mass is 248 g/mol. The van der Waals surface area contributed by atoms with Gasteiger partial charge < -0.3 is 10.3 Å². The van der Waals surface area contributed by atoms with Crippen LogP contribution in [-0.4, -0.2) is 14.8 Å². The molecule has 1 heterocycles. The predicted octanol–water partition coefficient (Wildman–Crippen LogP) is 2.43. The van der Waals surface area contributed by atoms with Gasteiger partial charge in [0.05, 0.1) is 6.54 Å². The van der Waals surface area contributed by atoms with Crippen LogP contribution < -0.4 is 5.73 Å². The average Bonchev–Trinajstić information content (AvgIpc) is 2.75. The van der Waals surface area contributed by atoms with E-state index in [1.807, 2.05) is 25.3 Å². The van der Waals surface area contributed by atoms with Crippen LogP contribution in [0.5, 0.6) is 0 Å². The summed E-state index contributed by atoms with van der Waals surface area (Å²) < 4.78 is 15.3. The minimum Gasteiger partial charge on any atom is -0.324 e. The molecule has 2 N–H and O–H groups in total. The molecule has 96 valence electrons. The molecule has 0 aliphatic rings. The molecule has 4 nitrogen and oxygen atoms in total. The molecule has 0 aliphatic heterocycles. The molecular weight excluding hydrogens is 231 g/mol. The quantitative estimate of drug-likeness (QED) is 0.907. The van der Waals surface area contributed by atoms with Gasteiger partial charge in [0.1, 0.15) is 11.6 Å². The van der Waals surface area contributed by atoms with Crippen LogP contribution in [0.2, 0.25) is 0 Å². The standard InChI is InChI=1S/C13H17FN4/c1-8(2)18-12(7-15)16-17-13(18)11-6-10(14)5-4-9(11)3/h4-6,8H,7,15H2,1-3H3. The van der Waals surface area contributed by atoms with Crippen molar-refractivity contribution in [1.29, 1.82) is 0 Å². The van der Waals surface area contributed by atoms with Crippen LogP contribution in [0.15, 0.2) is 18.2 Å². The van der Waals surface area contributed by atoms with E-state index in [-0.39, 0.29) is 11.9 Å². The zero-order chi connectivity index (χ0) is 13.3. The largest absolute Gasteiger partial charge is 0.324 e. The number of hydrogen-bond acceptors (Lipinski definition) is 3. The first kappa shape index (κ1) is 12.7. The van der Waals surface area contributed by atoms with Crippen LogP contribution in [0.4, 0.5) is 4.39 Å². The number of rotatable bonds is 3. The van der Waals surface area contributed by atoms with Crippen molar-refractivity contribution in [3.8, 4) is 11.4 Å². The first-order chi connectivity index (χ1) is 8.54. The topological polar surface area (TPSA) is 56.7 Å². The Labute approximate surface area is 106 Å². The third-order valence-corrected chi connectivity index (χ3v) is 2.91. The summed E-state index contributed by atoms with van der Waals surface area (Å²) >= 11 is 0. The molecule has 0 saturated heterocycles. The summed E-state index contributed by atoms with van der Waals surface area (Å²) in [7, 11) is 0. The highest BCUT2D eigenvalue weighted by atomic mass is 19.1. The Bertz CT molecular complexity index is 560. The Balaban J connectivity index is 2.63. The second-order valence-corrected chi connectivity index (χ2v) is 4.57. The van der Waals surface area contributed by atoms with Gasteiger partial charge in [0, 0.05) is 11.6 Å². The van der Waals surface area contributed by atoms with Crippen molar-refractivity contribution in [3.05, 3.63) is 35.4 Å². The zero-order valence-corrected chi connectivity index (χ0v) is 10.8. The smallest absolute Gasteiger partial charge is 0.164 e. The average molecular weight is 248 g/mol. The Morgan fingerprint density at radius 2 is 2.06 bits per heavy atom. The number of nitrogens with two attached hydrogens (primary N) is 1. The van der Waals surface area contributed by atoms with Crippen molar-refractivity contribution in [2.75, 3.05) is 0 Å². The van der Waals surface area contributed by atoms with Crippen molar-refractivity contribution >= 4 is 0 Å². The van der Waals surface area contributed by atoms with Crippen molar-refractivity contribution in [2.45, 2.75) is 33.4 Å². The molecule has 5 heteroatoms. The van der Waals surface area contributed by atoms with Crippen LogP contribution >= 0.6 is 0 Å². The van der Waals surface area contributed by atoms with Gasteiger partial charge in [-0.25, -0.2) is 4.39 Å². The third-order valence-electron chi connectivity index (χ3n) is 2.91. The van der Waals surface area contributed by atoms with Gasteiger partial charge in [0.2, 0.25) is 0 Å². The summed E-state index contributed by atoms with van der Waals surface area (Å²) in [6.07, 6.45) is 0. The number of halogens is 1. The molecule has 0 saturated carbocycles. The van der Waals surface area contributed by atoms with E-state index in [2.05, 4.69) is 10.2 Å². The van der Waals surface area contributed by atoms with E-state index >= 15 is 0 Å². The Morgan fingerprint density at radius 1 is 1.33 bits per heavy atom. The van der Waals surface area contributed by atoms with Crippen LogP contribution in [0.1, 0.15) is 31.3 Å². The summed E-state index contributed by atoms with van der Waals surface area (Å²) in [5, 5.41) is 8.22. The lowest BCUT2D eigenvalue weighted by molar-refractivity contribution is 0.573. The van der Waals surface area contributed by atoms with Gasteiger partial charge >= 0.3 is 0 Å². The summed E-state index contributed by atoms with van der Waals surface area (Å²) in [5.41, 5.74) is 7.38. The predicted molar refractivity (Wildman–Crippen MR) is 68.4 cm³/mol. The zero-order valence-electron chi connectivity index (χ0n) is 10.8. The van der Waals surface area contributed by atoms with Crippen molar-refractivity contribution in [1.82, 2.24) is 14.8 Å². The molecule has 0 unspecified atom stereocenters. The van der Waals surface area contributed by atoms with Gasteiger partial charge in [-0.1, -0.05) is 6.07 Å². The summed E-state index contributed by atoms with van der Waals surface area (Å²) in [6, 6.07) is 4.85. The lowest BCUT2D eigenvalue weighted by atomic mass is 10.1. The van der Waals surface area contributed by atoms with Crippen LogP contribution in [0.25, 0.3) is 11.4 Å². The number of aromatic nitrogens is 3. The summed E-state index contributed by atoms with van der Waals surface area (Å²) in [6.45, 7) is 6.30. The van der Waals surface area contributed by atoms with E-state index in [1.165, 1.54) is 12.1 Å². The molecule has 0 radical (unpaired) electrons. The van der Waals surface area contributed by atoms with Crippen molar-refractivity contribution in [2.24, 2.45) is 5.73 Å². The van der Waals surface area contributed by atoms with Crippen LogP contribution in [0.3, 0.4) is 0 Å². The Kier molecular flexibility index (Phi) is 3.43. The van der Waals surface area contributed by atoms with Crippen LogP contribution in [-0.2, 0) is 6.54 Å². The molecule has 1 aromatic heterocycles. The minimum atomic E-state index is -0.275. The molecule has 2 rings (SSSR count). The fraction of sp³-hybridized carbons (Fsp3) is 0.385. The van der Waals surface area contributed by atoms with Gasteiger partial charge in [-0.15, -0.1) is 10.2 Å². The molecule has 0 aliphatic carbocycles. The highest BCUT2D eigenvalue weighted by Gasteiger charge is 2.17. The molecular formula is C13H17FN4. The maximum Gasteiger partial charge on any atom is 0.164 e. The van der Waals surface area contributed by atoms with E-state index in [9.17, 15) is 4.39 Å². The maximum atomic E-state index is 13.4. The van der Waals surface area contributed by atoms with E-state index in [4.69, 9.17) is 5.73 Å². The number of hydrogen-bond donors (Lipinski definition) is 1. The summed E-state index contributed by atoms with van der Waals surface area (Å²) in [4.78, 5) is 0. The van der Waals surface area contributed by atoms with Gasteiger partial charge in [-0.3, -0.25) is 0 Å². The Morgan fingerprint density at radius 3 is 2.67 bits per heavy atom. The lowest BCUT2D eigenvalue weighted by Crippen LogP contribution is -2.12. The van der Waals surface area contributed by atoms with E-state index in [1.54, 1.807) is 6.07 Å². The number of nitrogens with zero attached hydrogens (tertiary/aromatic N) is 3. The van der Waals surface area contributed by atoms with E-state index in [0.717, 1.165) is 11.1 Å². The molecule has 1 aromatic carbocycles. The normalized spacial score (nSPS) is 11.2. The van der Waals surface area contributed by atoms with Crippen molar-refractivity contribution in [3.63, 3.8) is 0 Å². The van der Waals surface area contributed by atoms with Gasteiger partial charge in [0.25, 0.3) is 0 Å². The second kappa shape index (κ2) is 4.86. The Hall–Kier alpha value is -1.75.